The van der Waals surface area contributed by atoms with Crippen molar-refractivity contribution in [2.24, 2.45) is 0 Å². The molecular formula is C16H19N3O2. The number of rotatable bonds is 4. The van der Waals surface area contributed by atoms with Gasteiger partial charge in [0.2, 0.25) is 0 Å². The summed E-state index contributed by atoms with van der Waals surface area (Å²) in [5, 5.41) is 2.83. The highest BCUT2D eigenvalue weighted by Gasteiger charge is 2.09. The Balaban J connectivity index is 2.12. The first-order chi connectivity index (χ1) is 9.95. The number of nitrogens with two attached hydrogens (primary N) is 1. The molecule has 1 aromatic heterocycles. The molecule has 0 bridgehead atoms. The Morgan fingerprint density at radius 2 is 2.05 bits per heavy atom. The number of nitrogen functional groups attached to an aromatic ring is 1. The SMILES string of the molecule is Cc1cc(OC(C)C)ccc1NC(=O)c1ccc(N)cn1. The molecule has 0 aliphatic carbocycles. The number of nitrogens with zero attached hydrogens (tertiary/aromatic N) is 1. The lowest BCUT2D eigenvalue weighted by atomic mass is 10.2. The summed E-state index contributed by atoms with van der Waals surface area (Å²) in [5.41, 5.74) is 8.06. The van der Waals surface area contributed by atoms with E-state index in [1.54, 1.807) is 12.1 Å². The Morgan fingerprint density at radius 3 is 2.62 bits per heavy atom. The molecule has 0 spiro atoms. The van der Waals surface area contributed by atoms with Gasteiger partial charge in [-0.05, 0) is 56.7 Å². The van der Waals surface area contributed by atoms with E-state index in [9.17, 15) is 4.79 Å². The van der Waals surface area contributed by atoms with Crippen molar-refractivity contribution < 1.29 is 9.53 Å². The fourth-order valence-electron chi connectivity index (χ4n) is 1.85. The third-order valence-electron chi connectivity index (χ3n) is 2.84. The molecule has 0 aliphatic rings. The van der Waals surface area contributed by atoms with Gasteiger partial charge in [-0.2, -0.15) is 0 Å². The molecule has 0 radical (unpaired) electrons. The number of hydrogen-bond acceptors (Lipinski definition) is 4. The van der Waals surface area contributed by atoms with Gasteiger partial charge in [0.1, 0.15) is 11.4 Å². The molecule has 110 valence electrons. The van der Waals surface area contributed by atoms with E-state index >= 15 is 0 Å². The van der Waals surface area contributed by atoms with E-state index in [1.807, 2.05) is 39.0 Å². The van der Waals surface area contributed by atoms with Gasteiger partial charge in [0, 0.05) is 5.69 Å². The molecule has 0 saturated heterocycles. The highest BCUT2D eigenvalue weighted by Crippen LogP contribution is 2.22. The number of carbonyl (C=O) groups is 1. The van der Waals surface area contributed by atoms with Crippen molar-refractivity contribution in [3.05, 3.63) is 47.8 Å². The molecule has 3 N–H and O–H groups in total. The van der Waals surface area contributed by atoms with Crippen molar-refractivity contribution in [1.29, 1.82) is 0 Å². The van der Waals surface area contributed by atoms with Crippen LogP contribution in [-0.4, -0.2) is 17.0 Å². The second kappa shape index (κ2) is 6.26. The van der Waals surface area contributed by atoms with Gasteiger partial charge in [0.25, 0.3) is 5.91 Å². The van der Waals surface area contributed by atoms with Gasteiger partial charge >= 0.3 is 0 Å². The number of benzene rings is 1. The number of carbonyl (C=O) groups excluding carboxylic acids is 1. The van der Waals surface area contributed by atoms with E-state index in [4.69, 9.17) is 10.5 Å². The van der Waals surface area contributed by atoms with E-state index in [-0.39, 0.29) is 12.0 Å². The summed E-state index contributed by atoms with van der Waals surface area (Å²) >= 11 is 0. The Labute approximate surface area is 124 Å². The van der Waals surface area contributed by atoms with Crippen LogP contribution in [0.4, 0.5) is 11.4 Å². The normalized spacial score (nSPS) is 10.5. The van der Waals surface area contributed by atoms with Crippen LogP contribution in [-0.2, 0) is 0 Å². The molecule has 0 saturated carbocycles. The monoisotopic (exact) mass is 285 g/mol. The summed E-state index contributed by atoms with van der Waals surface area (Å²) < 4.78 is 5.61. The summed E-state index contributed by atoms with van der Waals surface area (Å²) in [6, 6.07) is 8.79. The Bertz CT molecular complexity index is 636. The standard InChI is InChI=1S/C16H19N3O2/c1-10(2)21-13-5-7-14(11(3)8-13)19-16(20)15-6-4-12(17)9-18-15/h4-10H,17H2,1-3H3,(H,19,20). The van der Waals surface area contributed by atoms with Gasteiger partial charge in [-0.1, -0.05) is 0 Å². The zero-order valence-electron chi connectivity index (χ0n) is 12.4. The number of aryl methyl sites for hydroxylation is 1. The zero-order chi connectivity index (χ0) is 15.4. The van der Waals surface area contributed by atoms with Crippen LogP contribution < -0.4 is 15.8 Å². The van der Waals surface area contributed by atoms with E-state index in [1.165, 1.54) is 6.20 Å². The molecule has 1 amide bonds. The van der Waals surface area contributed by atoms with Gasteiger partial charge < -0.3 is 15.8 Å². The van der Waals surface area contributed by atoms with Crippen LogP contribution in [0.25, 0.3) is 0 Å². The van der Waals surface area contributed by atoms with Crippen molar-refractivity contribution in [2.45, 2.75) is 26.9 Å². The van der Waals surface area contributed by atoms with Crippen LogP contribution in [0, 0.1) is 6.92 Å². The predicted octanol–water partition coefficient (Wildman–Crippen LogP) is 3.01. The molecule has 0 unspecified atom stereocenters. The zero-order valence-corrected chi connectivity index (χ0v) is 12.4. The average Bonchev–Trinajstić information content (AvgIpc) is 2.42. The maximum atomic E-state index is 12.1. The van der Waals surface area contributed by atoms with Crippen LogP contribution in [0.2, 0.25) is 0 Å². The Kier molecular flexibility index (Phi) is 4.42. The summed E-state index contributed by atoms with van der Waals surface area (Å²) in [6.07, 6.45) is 1.57. The molecule has 1 heterocycles. The highest BCUT2D eigenvalue weighted by molar-refractivity contribution is 6.03. The predicted molar refractivity (Wildman–Crippen MR) is 83.5 cm³/mol. The second-order valence-electron chi connectivity index (χ2n) is 5.07. The third-order valence-corrected chi connectivity index (χ3v) is 2.84. The topological polar surface area (TPSA) is 77.2 Å². The molecular weight excluding hydrogens is 266 g/mol. The van der Waals surface area contributed by atoms with Crippen molar-refractivity contribution >= 4 is 17.3 Å². The van der Waals surface area contributed by atoms with Gasteiger partial charge in [-0.3, -0.25) is 4.79 Å². The second-order valence-corrected chi connectivity index (χ2v) is 5.07. The van der Waals surface area contributed by atoms with Gasteiger partial charge in [0.05, 0.1) is 18.0 Å². The number of ether oxygens (including phenoxy) is 1. The maximum Gasteiger partial charge on any atom is 0.274 e. The van der Waals surface area contributed by atoms with E-state index in [0.29, 0.717) is 11.4 Å². The minimum Gasteiger partial charge on any atom is -0.491 e. The lowest BCUT2D eigenvalue weighted by molar-refractivity contribution is 0.102. The van der Waals surface area contributed by atoms with Crippen LogP contribution >= 0.6 is 0 Å². The van der Waals surface area contributed by atoms with Crippen molar-refractivity contribution in [1.82, 2.24) is 4.98 Å². The van der Waals surface area contributed by atoms with Gasteiger partial charge in [-0.15, -0.1) is 0 Å². The lowest BCUT2D eigenvalue weighted by Gasteiger charge is -2.13. The fourth-order valence-corrected chi connectivity index (χ4v) is 1.85. The van der Waals surface area contributed by atoms with E-state index in [2.05, 4.69) is 10.3 Å². The minimum absolute atomic E-state index is 0.115. The number of hydrogen-bond donors (Lipinski definition) is 2. The third kappa shape index (κ3) is 3.95. The Morgan fingerprint density at radius 1 is 1.29 bits per heavy atom. The number of pyridine rings is 1. The van der Waals surface area contributed by atoms with Crippen LogP contribution in [0.5, 0.6) is 5.75 Å². The lowest BCUT2D eigenvalue weighted by Crippen LogP contribution is -2.14. The molecule has 2 aromatic rings. The number of anilines is 2. The van der Waals surface area contributed by atoms with E-state index in [0.717, 1.165) is 17.0 Å². The molecule has 0 fully saturated rings. The quantitative estimate of drug-likeness (QED) is 0.905. The first kappa shape index (κ1) is 14.8. The number of nitrogens with one attached hydrogen (secondary N) is 1. The largest absolute Gasteiger partial charge is 0.491 e. The summed E-state index contributed by atoms with van der Waals surface area (Å²) in [5.74, 6) is 0.515. The number of amides is 1. The molecule has 21 heavy (non-hydrogen) atoms. The molecule has 0 aliphatic heterocycles. The first-order valence-corrected chi connectivity index (χ1v) is 6.76. The molecule has 0 atom stereocenters. The highest BCUT2D eigenvalue weighted by atomic mass is 16.5. The maximum absolute atomic E-state index is 12.1. The van der Waals surface area contributed by atoms with Crippen LogP contribution in [0.15, 0.2) is 36.5 Å². The van der Waals surface area contributed by atoms with Crippen molar-refractivity contribution in [3.8, 4) is 5.75 Å². The minimum atomic E-state index is -0.268. The summed E-state index contributed by atoms with van der Waals surface area (Å²) in [4.78, 5) is 16.1. The molecule has 5 heteroatoms. The van der Waals surface area contributed by atoms with Gasteiger partial charge in [-0.25, -0.2) is 4.98 Å². The number of aromatic nitrogens is 1. The molecule has 5 nitrogen and oxygen atoms in total. The molecule has 1 aromatic carbocycles. The van der Waals surface area contributed by atoms with Crippen molar-refractivity contribution in [3.63, 3.8) is 0 Å². The fraction of sp³-hybridized carbons (Fsp3) is 0.250. The van der Waals surface area contributed by atoms with Gasteiger partial charge in [0.15, 0.2) is 0 Å². The summed E-state index contributed by atoms with van der Waals surface area (Å²) in [6.45, 7) is 5.86. The molecule has 2 rings (SSSR count). The summed E-state index contributed by atoms with van der Waals surface area (Å²) in [7, 11) is 0. The van der Waals surface area contributed by atoms with Crippen LogP contribution in [0.1, 0.15) is 29.9 Å². The van der Waals surface area contributed by atoms with Crippen molar-refractivity contribution in [2.75, 3.05) is 11.1 Å². The van der Waals surface area contributed by atoms with E-state index < -0.39 is 0 Å². The Hall–Kier alpha value is -2.56. The average molecular weight is 285 g/mol. The first-order valence-electron chi connectivity index (χ1n) is 6.76. The van der Waals surface area contributed by atoms with Crippen LogP contribution in [0.3, 0.4) is 0 Å². The smallest absolute Gasteiger partial charge is 0.274 e.